The normalized spacial score (nSPS) is 16.7. The van der Waals surface area contributed by atoms with Gasteiger partial charge in [0.1, 0.15) is 5.82 Å². The molecule has 1 atom stereocenters. The maximum atomic E-state index is 14.0. The quantitative estimate of drug-likeness (QED) is 0.308. The number of anilines is 1. The summed E-state index contributed by atoms with van der Waals surface area (Å²) in [6.45, 7) is 3.78. The topological polar surface area (TPSA) is 54.0 Å². The molecule has 182 valence electrons. The molecule has 1 N–H and O–H groups in total. The number of hydrogen-bond donors (Lipinski definition) is 1. The van der Waals surface area contributed by atoms with Crippen LogP contribution < -0.4 is 4.90 Å². The van der Waals surface area contributed by atoms with E-state index in [-0.39, 0.29) is 11.6 Å². The smallest absolute Gasteiger partial charge is 0.377 e. The Labute approximate surface area is 205 Å². The molecule has 2 aromatic heterocycles. The third-order valence-electron chi connectivity index (χ3n) is 6.70. The number of aromatic amines is 1. The van der Waals surface area contributed by atoms with E-state index >= 15 is 0 Å². The summed E-state index contributed by atoms with van der Waals surface area (Å²) < 4.78 is 47.6. The molecule has 5 nitrogen and oxygen atoms in total. The number of morpholine rings is 1. The first kappa shape index (κ1) is 22.5. The molecule has 0 aliphatic carbocycles. The second-order valence-corrected chi connectivity index (χ2v) is 8.98. The maximum absolute atomic E-state index is 14.0. The fourth-order valence-electron chi connectivity index (χ4n) is 4.98. The van der Waals surface area contributed by atoms with Gasteiger partial charge in [0.25, 0.3) is 0 Å². The number of halogens is 3. The highest BCUT2D eigenvalue weighted by Crippen LogP contribution is 2.41. The molecular formula is C28H23F3N4O. The SMILES string of the molecule is C[C@@H]1COCCN1c1nc(-c2cccc3[nH]ccc23)nc2c(-c3ccccc3C(F)(F)F)cccc12. The highest BCUT2D eigenvalue weighted by molar-refractivity contribution is 6.02. The summed E-state index contributed by atoms with van der Waals surface area (Å²) >= 11 is 0. The second-order valence-electron chi connectivity index (χ2n) is 8.98. The Hall–Kier alpha value is -3.91. The number of H-pyrrole nitrogens is 1. The first-order valence-corrected chi connectivity index (χ1v) is 11.8. The zero-order chi connectivity index (χ0) is 24.9. The van der Waals surface area contributed by atoms with Crippen LogP contribution in [0.15, 0.2) is 72.9 Å². The van der Waals surface area contributed by atoms with Gasteiger partial charge in [-0.05, 0) is 36.8 Å². The largest absolute Gasteiger partial charge is 0.417 e. The van der Waals surface area contributed by atoms with Crippen LogP contribution in [-0.2, 0) is 10.9 Å². The Bertz CT molecular complexity index is 1580. The molecule has 8 heteroatoms. The Morgan fingerprint density at radius 3 is 2.50 bits per heavy atom. The number of para-hydroxylation sites is 1. The number of aromatic nitrogens is 3. The average molecular weight is 489 g/mol. The fourth-order valence-corrected chi connectivity index (χ4v) is 4.98. The average Bonchev–Trinajstić information content (AvgIpc) is 3.37. The summed E-state index contributed by atoms with van der Waals surface area (Å²) in [7, 11) is 0. The number of rotatable bonds is 3. The van der Waals surface area contributed by atoms with Gasteiger partial charge in [0.2, 0.25) is 0 Å². The molecule has 1 aliphatic heterocycles. The van der Waals surface area contributed by atoms with E-state index in [0.29, 0.717) is 47.9 Å². The van der Waals surface area contributed by atoms with Crippen molar-refractivity contribution in [1.29, 1.82) is 0 Å². The van der Waals surface area contributed by atoms with E-state index in [1.165, 1.54) is 12.1 Å². The number of nitrogens with zero attached hydrogens (tertiary/aromatic N) is 3. The first-order valence-electron chi connectivity index (χ1n) is 11.8. The predicted molar refractivity (Wildman–Crippen MR) is 135 cm³/mol. The van der Waals surface area contributed by atoms with Crippen LogP contribution in [0.4, 0.5) is 19.0 Å². The molecule has 0 saturated carbocycles. The summed E-state index contributed by atoms with van der Waals surface area (Å²) in [6, 6.07) is 18.8. The summed E-state index contributed by atoms with van der Waals surface area (Å²) in [4.78, 5) is 15.3. The van der Waals surface area contributed by atoms with Crippen LogP contribution in [-0.4, -0.2) is 40.8 Å². The summed E-state index contributed by atoms with van der Waals surface area (Å²) in [5, 5.41) is 1.66. The van der Waals surface area contributed by atoms with Gasteiger partial charge in [-0.15, -0.1) is 0 Å². The third-order valence-corrected chi connectivity index (χ3v) is 6.70. The minimum Gasteiger partial charge on any atom is -0.377 e. The Kier molecular flexibility index (Phi) is 5.41. The molecule has 3 heterocycles. The molecule has 1 fully saturated rings. The Morgan fingerprint density at radius 2 is 1.67 bits per heavy atom. The molecule has 1 aliphatic rings. The van der Waals surface area contributed by atoms with Crippen molar-refractivity contribution in [3.8, 4) is 22.5 Å². The number of hydrogen-bond acceptors (Lipinski definition) is 4. The van der Waals surface area contributed by atoms with E-state index in [1.807, 2.05) is 36.5 Å². The fraction of sp³-hybridized carbons (Fsp3) is 0.214. The van der Waals surface area contributed by atoms with Gasteiger partial charge in [-0.25, -0.2) is 9.97 Å². The number of fused-ring (bicyclic) bond motifs is 2. The lowest BCUT2D eigenvalue weighted by Gasteiger charge is -2.35. The van der Waals surface area contributed by atoms with Crippen molar-refractivity contribution < 1.29 is 17.9 Å². The van der Waals surface area contributed by atoms with Gasteiger partial charge in [0.05, 0.1) is 30.3 Å². The standard InChI is InChI=1S/C28H23F3N4O/c1-17-16-36-15-14-35(17)27-22-9-4-7-20(18-6-2-3-10-23(18)28(29,30)31)25(22)33-26(34-27)21-8-5-11-24-19(21)12-13-32-24/h2-13,17,32H,14-16H2,1H3/t17-/m1/s1. The maximum Gasteiger partial charge on any atom is 0.417 e. The van der Waals surface area contributed by atoms with Crippen LogP contribution in [0, 0.1) is 0 Å². The lowest BCUT2D eigenvalue weighted by Crippen LogP contribution is -2.44. The number of ether oxygens (including phenoxy) is 1. The zero-order valence-electron chi connectivity index (χ0n) is 19.5. The number of benzene rings is 3. The molecule has 0 unspecified atom stereocenters. The molecule has 36 heavy (non-hydrogen) atoms. The van der Waals surface area contributed by atoms with Crippen molar-refractivity contribution in [2.24, 2.45) is 0 Å². The monoisotopic (exact) mass is 488 g/mol. The van der Waals surface area contributed by atoms with Crippen molar-refractivity contribution in [3.05, 3.63) is 78.5 Å². The van der Waals surface area contributed by atoms with Gasteiger partial charge in [-0.3, -0.25) is 0 Å². The summed E-state index contributed by atoms with van der Waals surface area (Å²) in [6.07, 6.45) is -2.64. The van der Waals surface area contributed by atoms with E-state index in [0.717, 1.165) is 22.5 Å². The zero-order valence-corrected chi connectivity index (χ0v) is 19.5. The lowest BCUT2D eigenvalue weighted by molar-refractivity contribution is -0.137. The third kappa shape index (κ3) is 3.78. The van der Waals surface area contributed by atoms with E-state index in [9.17, 15) is 13.2 Å². The van der Waals surface area contributed by atoms with Crippen LogP contribution in [0.5, 0.6) is 0 Å². The first-order chi connectivity index (χ1) is 17.4. The van der Waals surface area contributed by atoms with Crippen LogP contribution in [0.2, 0.25) is 0 Å². The minimum absolute atomic E-state index is 0.0545. The van der Waals surface area contributed by atoms with Crippen molar-refractivity contribution in [3.63, 3.8) is 0 Å². The molecular weight excluding hydrogens is 465 g/mol. The van der Waals surface area contributed by atoms with Crippen molar-refractivity contribution in [1.82, 2.24) is 15.0 Å². The highest BCUT2D eigenvalue weighted by atomic mass is 19.4. The van der Waals surface area contributed by atoms with Crippen LogP contribution in [0.25, 0.3) is 44.3 Å². The van der Waals surface area contributed by atoms with Crippen LogP contribution in [0.3, 0.4) is 0 Å². The van der Waals surface area contributed by atoms with Gasteiger partial charge in [-0.2, -0.15) is 13.2 Å². The van der Waals surface area contributed by atoms with Gasteiger partial charge in [-0.1, -0.05) is 42.5 Å². The number of alkyl halides is 3. The van der Waals surface area contributed by atoms with Crippen molar-refractivity contribution in [2.45, 2.75) is 19.1 Å². The molecule has 1 saturated heterocycles. The Balaban J connectivity index is 1.67. The van der Waals surface area contributed by atoms with Crippen molar-refractivity contribution >= 4 is 27.6 Å². The molecule has 5 aromatic rings. The summed E-state index contributed by atoms with van der Waals surface area (Å²) in [5.41, 5.74) is 2.07. The molecule has 0 radical (unpaired) electrons. The summed E-state index contributed by atoms with van der Waals surface area (Å²) in [5.74, 6) is 1.17. The van der Waals surface area contributed by atoms with Gasteiger partial charge >= 0.3 is 6.18 Å². The molecule has 6 rings (SSSR count). The predicted octanol–water partition coefficient (Wildman–Crippen LogP) is 6.69. The number of nitrogens with one attached hydrogen (secondary N) is 1. The molecule has 0 amide bonds. The molecule has 3 aromatic carbocycles. The molecule has 0 spiro atoms. The van der Waals surface area contributed by atoms with Gasteiger partial charge in [0.15, 0.2) is 5.82 Å². The lowest BCUT2D eigenvalue weighted by atomic mass is 9.96. The van der Waals surface area contributed by atoms with E-state index in [1.54, 1.807) is 18.2 Å². The van der Waals surface area contributed by atoms with E-state index < -0.39 is 11.7 Å². The second kappa shape index (κ2) is 8.64. The van der Waals surface area contributed by atoms with Gasteiger partial charge in [0, 0.05) is 40.2 Å². The minimum atomic E-state index is -4.49. The highest BCUT2D eigenvalue weighted by Gasteiger charge is 2.34. The van der Waals surface area contributed by atoms with Gasteiger partial charge < -0.3 is 14.6 Å². The van der Waals surface area contributed by atoms with Crippen LogP contribution >= 0.6 is 0 Å². The van der Waals surface area contributed by atoms with E-state index in [2.05, 4.69) is 16.8 Å². The van der Waals surface area contributed by atoms with Crippen molar-refractivity contribution in [2.75, 3.05) is 24.7 Å². The molecule has 0 bridgehead atoms. The Morgan fingerprint density at radius 1 is 0.889 bits per heavy atom. The van der Waals surface area contributed by atoms with E-state index in [4.69, 9.17) is 14.7 Å². The van der Waals surface area contributed by atoms with Crippen LogP contribution in [0.1, 0.15) is 12.5 Å².